The van der Waals surface area contributed by atoms with Gasteiger partial charge in [-0.25, -0.2) is 0 Å². The Kier molecular flexibility index (Phi) is 5.54. The van der Waals surface area contributed by atoms with Crippen LogP contribution in [0, 0.1) is 0 Å². The summed E-state index contributed by atoms with van der Waals surface area (Å²) in [5, 5.41) is 3.65. The highest BCUT2D eigenvalue weighted by Gasteiger charge is 2.81. The van der Waals surface area contributed by atoms with Crippen LogP contribution in [0.15, 0.2) is 24.3 Å². The fourth-order valence-corrected chi connectivity index (χ4v) is 27.5. The number of hydrogen-bond donors (Lipinski definition) is 0. The van der Waals surface area contributed by atoms with Crippen LogP contribution in [0.4, 0.5) is 0 Å². The molecule has 2 spiro atoms. The van der Waals surface area contributed by atoms with Gasteiger partial charge in [0.05, 0.1) is 22.6 Å². The standard InChI is InChI=1S/C23H37ClP2/c1-5-17-13-14-18(6-2)25(17)21-11-9-10-12-22(21)26(23(25)24)19(7-3)15-16-20(26)8-4/h9-12,17-20,23H,5-8,13-16H2,1-4H3/q+2/t17-,18-,19-,20-/m1/s1. The van der Waals surface area contributed by atoms with Crippen molar-refractivity contribution in [1.29, 1.82) is 0 Å². The lowest BCUT2D eigenvalue weighted by Gasteiger charge is -2.36. The molecule has 0 amide bonds. The van der Waals surface area contributed by atoms with Gasteiger partial charge in [0.1, 0.15) is 25.1 Å². The molecule has 1 aromatic rings. The van der Waals surface area contributed by atoms with Gasteiger partial charge in [-0.2, -0.15) is 0 Å². The van der Waals surface area contributed by atoms with Crippen LogP contribution in [0.2, 0.25) is 0 Å². The summed E-state index contributed by atoms with van der Waals surface area (Å²) in [6, 6.07) is 9.78. The zero-order valence-corrected chi connectivity index (χ0v) is 19.7. The van der Waals surface area contributed by atoms with Crippen LogP contribution in [0.5, 0.6) is 0 Å². The van der Waals surface area contributed by atoms with Gasteiger partial charge >= 0.3 is 0 Å². The van der Waals surface area contributed by atoms with Gasteiger partial charge < -0.3 is 0 Å². The molecule has 0 aliphatic carbocycles. The third-order valence-electron chi connectivity index (χ3n) is 8.39. The van der Waals surface area contributed by atoms with Crippen molar-refractivity contribution in [2.75, 3.05) is 0 Å². The number of hydrogen-bond acceptors (Lipinski definition) is 0. The van der Waals surface area contributed by atoms with Crippen molar-refractivity contribution in [3.63, 3.8) is 0 Å². The Morgan fingerprint density at radius 2 is 1.00 bits per heavy atom. The van der Waals surface area contributed by atoms with Crippen LogP contribution >= 0.6 is 26.1 Å². The molecule has 144 valence electrons. The minimum absolute atomic E-state index is 0.502. The smallest absolute Gasteiger partial charge is 0.0616 e. The molecule has 3 aliphatic heterocycles. The summed E-state index contributed by atoms with van der Waals surface area (Å²) in [7, 11) is -2.60. The summed E-state index contributed by atoms with van der Waals surface area (Å²) in [6.07, 6.45) is 11.1. The predicted molar refractivity (Wildman–Crippen MR) is 124 cm³/mol. The second kappa shape index (κ2) is 7.32. The molecule has 3 heterocycles. The highest BCUT2D eigenvalue weighted by atomic mass is 35.5. The fraction of sp³-hybridized carbons (Fsp3) is 0.739. The van der Waals surface area contributed by atoms with Crippen LogP contribution in [-0.2, 0) is 0 Å². The fourth-order valence-electron chi connectivity index (χ4n) is 7.39. The summed E-state index contributed by atoms with van der Waals surface area (Å²) < 4.78 is 0. The lowest BCUT2D eigenvalue weighted by Crippen LogP contribution is -2.30. The van der Waals surface area contributed by atoms with Gasteiger partial charge in [-0.15, -0.1) is 0 Å². The first kappa shape index (κ1) is 19.7. The maximum atomic E-state index is 7.90. The number of alkyl halides is 1. The molecule has 2 saturated heterocycles. The van der Waals surface area contributed by atoms with Crippen molar-refractivity contribution >= 4 is 36.7 Å². The molecule has 0 N–H and O–H groups in total. The molecule has 4 rings (SSSR count). The number of fused-ring (bicyclic) bond motifs is 3. The van der Waals surface area contributed by atoms with Crippen molar-refractivity contribution in [1.82, 2.24) is 0 Å². The first-order valence-electron chi connectivity index (χ1n) is 11.1. The second-order valence-electron chi connectivity index (χ2n) is 8.87. The third-order valence-corrected chi connectivity index (χ3v) is 24.0. The summed E-state index contributed by atoms with van der Waals surface area (Å²) in [4.78, 5) is 0.502. The second-order valence-corrected chi connectivity index (χ2v) is 18.6. The molecule has 1 aromatic carbocycles. The molecule has 3 aliphatic rings. The Morgan fingerprint density at radius 1 is 0.692 bits per heavy atom. The Hall–Kier alpha value is 0.370. The van der Waals surface area contributed by atoms with E-state index in [1.807, 2.05) is 10.6 Å². The summed E-state index contributed by atoms with van der Waals surface area (Å²) in [5.41, 5.74) is 3.58. The number of rotatable bonds is 4. The van der Waals surface area contributed by atoms with Gasteiger partial charge in [-0.3, -0.25) is 0 Å². The zero-order valence-electron chi connectivity index (χ0n) is 17.1. The summed E-state index contributed by atoms with van der Waals surface area (Å²) in [5.74, 6) is 0. The van der Waals surface area contributed by atoms with E-state index in [-0.39, 0.29) is 0 Å². The average Bonchev–Trinajstić information content (AvgIpc) is 3.31. The first-order chi connectivity index (χ1) is 12.6. The molecule has 2 fully saturated rings. The summed E-state index contributed by atoms with van der Waals surface area (Å²) >= 11 is 7.90. The molecule has 0 radical (unpaired) electrons. The van der Waals surface area contributed by atoms with Crippen LogP contribution in [0.3, 0.4) is 0 Å². The van der Waals surface area contributed by atoms with E-state index in [9.17, 15) is 0 Å². The van der Waals surface area contributed by atoms with Crippen molar-refractivity contribution in [3.05, 3.63) is 24.3 Å². The molecule has 26 heavy (non-hydrogen) atoms. The zero-order chi connectivity index (χ0) is 18.5. The molecule has 0 nitrogen and oxygen atoms in total. The van der Waals surface area contributed by atoms with E-state index in [0.29, 0.717) is 4.86 Å². The normalized spacial score (nSPS) is 34.8. The van der Waals surface area contributed by atoms with E-state index >= 15 is 0 Å². The van der Waals surface area contributed by atoms with Crippen molar-refractivity contribution in [3.8, 4) is 0 Å². The van der Waals surface area contributed by atoms with E-state index in [1.165, 1.54) is 51.4 Å². The minimum atomic E-state index is -1.30. The summed E-state index contributed by atoms with van der Waals surface area (Å²) in [6.45, 7) is 9.79. The Balaban J connectivity index is 2.01. The van der Waals surface area contributed by atoms with E-state index < -0.39 is 14.5 Å². The topological polar surface area (TPSA) is 0 Å². The average molecular weight is 411 g/mol. The van der Waals surface area contributed by atoms with E-state index in [0.717, 1.165) is 22.6 Å². The lowest BCUT2D eigenvalue weighted by atomic mass is 10.1. The maximum Gasteiger partial charge on any atom is 0.251 e. The molecule has 0 unspecified atom stereocenters. The quantitative estimate of drug-likeness (QED) is 0.363. The van der Waals surface area contributed by atoms with Gasteiger partial charge in [0, 0.05) is 0 Å². The molecule has 0 bridgehead atoms. The Bertz CT molecular complexity index is 578. The lowest BCUT2D eigenvalue weighted by molar-refractivity contribution is 0.696. The minimum Gasteiger partial charge on any atom is -0.0616 e. The van der Waals surface area contributed by atoms with Gasteiger partial charge in [0.15, 0.2) is 0 Å². The molecular formula is C23H37ClP2+2. The van der Waals surface area contributed by atoms with Gasteiger partial charge in [0.25, 0.3) is 4.86 Å². The Labute approximate surface area is 167 Å². The van der Waals surface area contributed by atoms with Crippen LogP contribution in [0.1, 0.15) is 79.1 Å². The molecule has 0 saturated carbocycles. The SMILES string of the molecule is CC[C@@H]1CC[C@@H](CC)[P+]12c1ccccc1[P+]1(C2Cl)[C@H](CC)CC[C@H]1CC. The van der Waals surface area contributed by atoms with Crippen molar-refractivity contribution in [2.45, 2.75) is 107 Å². The third kappa shape index (κ3) is 2.22. The number of benzene rings is 1. The molecular weight excluding hydrogens is 374 g/mol. The monoisotopic (exact) mass is 410 g/mol. The van der Waals surface area contributed by atoms with E-state index in [4.69, 9.17) is 11.6 Å². The van der Waals surface area contributed by atoms with Crippen LogP contribution in [-0.4, -0.2) is 27.5 Å². The first-order valence-corrected chi connectivity index (χ1v) is 15.6. The molecule has 4 atom stereocenters. The predicted octanol–water partition coefficient (Wildman–Crippen LogP) is 7.21. The van der Waals surface area contributed by atoms with E-state index in [1.54, 1.807) is 0 Å². The van der Waals surface area contributed by atoms with Crippen molar-refractivity contribution in [2.24, 2.45) is 0 Å². The number of halogens is 1. The van der Waals surface area contributed by atoms with Gasteiger partial charge in [0.2, 0.25) is 0 Å². The van der Waals surface area contributed by atoms with E-state index in [2.05, 4.69) is 52.0 Å². The van der Waals surface area contributed by atoms with Crippen molar-refractivity contribution < 1.29 is 0 Å². The Morgan fingerprint density at radius 3 is 1.27 bits per heavy atom. The molecule has 0 aromatic heterocycles. The highest BCUT2D eigenvalue weighted by molar-refractivity contribution is 8.07. The largest absolute Gasteiger partial charge is 0.251 e. The maximum absolute atomic E-state index is 7.90. The molecule has 3 heteroatoms. The van der Waals surface area contributed by atoms with Gasteiger partial charge in [-0.05, 0) is 75.1 Å². The van der Waals surface area contributed by atoms with Gasteiger partial charge in [-0.1, -0.05) is 39.8 Å². The van der Waals surface area contributed by atoms with Crippen LogP contribution in [0.25, 0.3) is 0 Å². The van der Waals surface area contributed by atoms with Crippen LogP contribution < -0.4 is 10.6 Å². The highest BCUT2D eigenvalue weighted by Crippen LogP contribution is 2.95.